The van der Waals surface area contributed by atoms with Crippen LogP contribution in [0.5, 0.6) is 0 Å². The number of nitrogens with zero attached hydrogens (tertiary/aromatic N) is 1. The molecule has 1 heterocycles. The van der Waals surface area contributed by atoms with Crippen LogP contribution in [0.4, 0.5) is 0 Å². The molecule has 0 amide bonds. The Bertz CT molecular complexity index is 72.6. The molecule has 0 aliphatic carbocycles. The van der Waals surface area contributed by atoms with Crippen molar-refractivity contribution in [2.75, 3.05) is 13.6 Å². The fraction of sp³-hybridized carbons (Fsp3) is 1.00. The Morgan fingerprint density at radius 2 is 2.25 bits per heavy atom. The molecule has 48 valence electrons. The van der Waals surface area contributed by atoms with Gasteiger partial charge in [0.15, 0.2) is 0 Å². The van der Waals surface area contributed by atoms with E-state index in [0.29, 0.717) is 12.1 Å². The second-order valence-electron chi connectivity index (χ2n) is 2.78. The van der Waals surface area contributed by atoms with Gasteiger partial charge >= 0.3 is 0 Å². The lowest BCUT2D eigenvalue weighted by Gasteiger charge is -2.11. The molecule has 0 saturated carbocycles. The van der Waals surface area contributed by atoms with E-state index in [1.165, 1.54) is 0 Å². The summed E-state index contributed by atoms with van der Waals surface area (Å²) in [5.41, 5.74) is 5.67. The van der Waals surface area contributed by atoms with Crippen LogP contribution in [0.1, 0.15) is 13.3 Å². The molecule has 8 heavy (non-hydrogen) atoms. The zero-order valence-corrected chi connectivity index (χ0v) is 5.59. The second-order valence-corrected chi connectivity index (χ2v) is 2.78. The molecule has 0 aromatic heterocycles. The van der Waals surface area contributed by atoms with Crippen LogP contribution in [-0.4, -0.2) is 30.6 Å². The van der Waals surface area contributed by atoms with Crippen LogP contribution in [0.25, 0.3) is 0 Å². The lowest BCUT2D eigenvalue weighted by atomic mass is 10.2. The SMILES string of the molecule is C[C@H]1CC(N)CN1C. The monoisotopic (exact) mass is 114 g/mol. The fourth-order valence-corrected chi connectivity index (χ4v) is 1.24. The van der Waals surface area contributed by atoms with Gasteiger partial charge < -0.3 is 10.6 Å². The van der Waals surface area contributed by atoms with Gasteiger partial charge in [-0.1, -0.05) is 0 Å². The van der Waals surface area contributed by atoms with E-state index in [4.69, 9.17) is 5.73 Å². The molecule has 1 unspecified atom stereocenters. The van der Waals surface area contributed by atoms with Crippen molar-refractivity contribution in [2.45, 2.75) is 25.4 Å². The second kappa shape index (κ2) is 2.03. The normalized spacial score (nSPS) is 40.9. The summed E-state index contributed by atoms with van der Waals surface area (Å²) >= 11 is 0. The number of likely N-dealkylation sites (N-methyl/N-ethyl adjacent to an activating group) is 1. The molecule has 0 spiro atoms. The molecular weight excluding hydrogens is 100 g/mol. The van der Waals surface area contributed by atoms with Crippen molar-refractivity contribution in [3.8, 4) is 0 Å². The largest absolute Gasteiger partial charge is 0.326 e. The van der Waals surface area contributed by atoms with E-state index < -0.39 is 0 Å². The van der Waals surface area contributed by atoms with Crippen molar-refractivity contribution in [3.63, 3.8) is 0 Å². The molecular formula is C6H14N2. The Morgan fingerprint density at radius 3 is 2.38 bits per heavy atom. The third-order valence-corrected chi connectivity index (χ3v) is 1.92. The predicted octanol–water partition coefficient (Wildman–Crippen LogP) is 0.0377. The van der Waals surface area contributed by atoms with Crippen molar-refractivity contribution in [1.29, 1.82) is 0 Å². The first-order valence-electron chi connectivity index (χ1n) is 3.16. The molecule has 0 radical (unpaired) electrons. The molecule has 2 atom stereocenters. The number of likely N-dealkylation sites (tertiary alicyclic amines) is 1. The average Bonchev–Trinajstić information content (AvgIpc) is 1.85. The lowest BCUT2D eigenvalue weighted by molar-refractivity contribution is 0.329. The van der Waals surface area contributed by atoms with E-state index in [9.17, 15) is 0 Å². The minimum absolute atomic E-state index is 0.426. The van der Waals surface area contributed by atoms with Crippen LogP contribution in [0.15, 0.2) is 0 Å². The van der Waals surface area contributed by atoms with Gasteiger partial charge in [0, 0.05) is 18.6 Å². The summed E-state index contributed by atoms with van der Waals surface area (Å²) in [6.45, 7) is 3.29. The quantitative estimate of drug-likeness (QED) is 0.481. The van der Waals surface area contributed by atoms with Crippen LogP contribution in [0.2, 0.25) is 0 Å². The number of hydrogen-bond donors (Lipinski definition) is 1. The highest BCUT2D eigenvalue weighted by atomic mass is 15.2. The maximum atomic E-state index is 5.67. The molecule has 0 aromatic carbocycles. The molecule has 0 aromatic rings. The van der Waals surface area contributed by atoms with E-state index in [1.807, 2.05) is 0 Å². The minimum atomic E-state index is 0.426. The van der Waals surface area contributed by atoms with E-state index in [0.717, 1.165) is 13.0 Å². The van der Waals surface area contributed by atoms with Crippen LogP contribution >= 0.6 is 0 Å². The van der Waals surface area contributed by atoms with Gasteiger partial charge in [-0.3, -0.25) is 0 Å². The Balaban J connectivity index is 2.39. The summed E-state index contributed by atoms with van der Waals surface area (Å²) in [4.78, 5) is 2.30. The molecule has 2 heteroatoms. The topological polar surface area (TPSA) is 29.3 Å². The van der Waals surface area contributed by atoms with Gasteiger partial charge in [0.25, 0.3) is 0 Å². The fourth-order valence-electron chi connectivity index (χ4n) is 1.24. The minimum Gasteiger partial charge on any atom is -0.326 e. The molecule has 0 bridgehead atoms. The highest BCUT2D eigenvalue weighted by Crippen LogP contribution is 2.11. The Kier molecular flexibility index (Phi) is 1.54. The predicted molar refractivity (Wildman–Crippen MR) is 34.7 cm³/mol. The number of nitrogens with two attached hydrogens (primary N) is 1. The number of hydrogen-bond acceptors (Lipinski definition) is 2. The van der Waals surface area contributed by atoms with Gasteiger partial charge in [-0.2, -0.15) is 0 Å². The van der Waals surface area contributed by atoms with Gasteiger partial charge in [-0.15, -0.1) is 0 Å². The van der Waals surface area contributed by atoms with Gasteiger partial charge in [-0.05, 0) is 20.4 Å². The van der Waals surface area contributed by atoms with E-state index >= 15 is 0 Å². The van der Waals surface area contributed by atoms with Crippen LogP contribution in [0.3, 0.4) is 0 Å². The van der Waals surface area contributed by atoms with Gasteiger partial charge in [0.2, 0.25) is 0 Å². The smallest absolute Gasteiger partial charge is 0.0182 e. The van der Waals surface area contributed by atoms with Crippen LogP contribution in [-0.2, 0) is 0 Å². The number of rotatable bonds is 0. The summed E-state index contributed by atoms with van der Waals surface area (Å²) in [6.07, 6.45) is 1.16. The molecule has 2 nitrogen and oxygen atoms in total. The third kappa shape index (κ3) is 1.01. The molecule has 1 aliphatic heterocycles. The maximum Gasteiger partial charge on any atom is 0.0182 e. The van der Waals surface area contributed by atoms with Crippen LogP contribution in [0, 0.1) is 0 Å². The average molecular weight is 114 g/mol. The standard InChI is InChI=1S/C6H14N2/c1-5-3-6(7)4-8(5)2/h5-6H,3-4,7H2,1-2H3/t5-,6?/m0/s1. The molecule has 2 N–H and O–H groups in total. The first-order chi connectivity index (χ1) is 3.70. The van der Waals surface area contributed by atoms with Crippen molar-refractivity contribution in [1.82, 2.24) is 4.90 Å². The summed E-state index contributed by atoms with van der Waals surface area (Å²) in [6, 6.07) is 1.12. The first kappa shape index (κ1) is 6.05. The van der Waals surface area contributed by atoms with Crippen molar-refractivity contribution >= 4 is 0 Å². The summed E-state index contributed by atoms with van der Waals surface area (Å²) in [5.74, 6) is 0. The zero-order valence-electron chi connectivity index (χ0n) is 5.59. The lowest BCUT2D eigenvalue weighted by Crippen LogP contribution is -2.24. The Hall–Kier alpha value is -0.0800. The summed E-state index contributed by atoms with van der Waals surface area (Å²) in [7, 11) is 2.12. The van der Waals surface area contributed by atoms with Gasteiger partial charge in [0.05, 0.1) is 0 Å². The highest BCUT2D eigenvalue weighted by molar-refractivity contribution is 4.81. The maximum absolute atomic E-state index is 5.67. The molecule has 1 saturated heterocycles. The van der Waals surface area contributed by atoms with Crippen molar-refractivity contribution in [3.05, 3.63) is 0 Å². The third-order valence-electron chi connectivity index (χ3n) is 1.92. The van der Waals surface area contributed by atoms with Crippen LogP contribution < -0.4 is 5.73 Å². The van der Waals surface area contributed by atoms with Gasteiger partial charge in [-0.25, -0.2) is 0 Å². The van der Waals surface area contributed by atoms with Crippen molar-refractivity contribution < 1.29 is 0 Å². The Morgan fingerprint density at radius 1 is 1.62 bits per heavy atom. The summed E-state index contributed by atoms with van der Waals surface area (Å²) in [5, 5.41) is 0. The molecule has 1 aliphatic rings. The van der Waals surface area contributed by atoms with E-state index in [1.54, 1.807) is 0 Å². The Labute approximate surface area is 50.7 Å². The first-order valence-corrected chi connectivity index (χ1v) is 3.16. The highest BCUT2D eigenvalue weighted by Gasteiger charge is 2.22. The van der Waals surface area contributed by atoms with E-state index in [2.05, 4.69) is 18.9 Å². The van der Waals surface area contributed by atoms with Gasteiger partial charge in [0.1, 0.15) is 0 Å². The van der Waals surface area contributed by atoms with E-state index in [-0.39, 0.29) is 0 Å². The molecule has 1 rings (SSSR count). The zero-order chi connectivity index (χ0) is 6.15. The van der Waals surface area contributed by atoms with Crippen molar-refractivity contribution in [2.24, 2.45) is 5.73 Å². The summed E-state index contributed by atoms with van der Waals surface area (Å²) < 4.78 is 0. The molecule has 1 fully saturated rings.